The van der Waals surface area contributed by atoms with Crippen LogP contribution < -0.4 is 5.73 Å². The van der Waals surface area contributed by atoms with Crippen LogP contribution in [0.25, 0.3) is 0 Å². The topological polar surface area (TPSA) is 49.5 Å². The number of nitrogens with two attached hydrogens (primary N) is 1. The summed E-state index contributed by atoms with van der Waals surface area (Å²) in [6.45, 7) is 5.94. The maximum Gasteiger partial charge on any atom is 0.0931 e. The number of hydrogen-bond donors (Lipinski definition) is 2. The Morgan fingerprint density at radius 2 is 2.00 bits per heavy atom. The highest BCUT2D eigenvalue weighted by atomic mass is 35.5. The van der Waals surface area contributed by atoms with E-state index in [1.807, 2.05) is 13.0 Å². The molecule has 1 aliphatic rings. The number of aliphatic hydroxyl groups excluding tert-OH is 1. The van der Waals surface area contributed by atoms with Gasteiger partial charge in [0.05, 0.1) is 16.5 Å². The molecule has 3 nitrogen and oxygen atoms in total. The SMILES string of the molecule is CC(N)C(c1ccc(Cl)s1)N1CCC(C(C)O)CC1. The second-order valence-corrected chi connectivity index (χ2v) is 7.31. The smallest absolute Gasteiger partial charge is 0.0931 e. The lowest BCUT2D eigenvalue weighted by Crippen LogP contribution is -2.44. The van der Waals surface area contributed by atoms with Crippen molar-refractivity contribution in [3.8, 4) is 0 Å². The number of hydrogen-bond acceptors (Lipinski definition) is 4. The molecule has 1 aliphatic heterocycles. The molecule has 1 aromatic rings. The lowest BCUT2D eigenvalue weighted by Gasteiger charge is -2.39. The van der Waals surface area contributed by atoms with Crippen LogP contribution >= 0.6 is 22.9 Å². The van der Waals surface area contributed by atoms with Crippen molar-refractivity contribution in [2.24, 2.45) is 11.7 Å². The molecule has 1 saturated heterocycles. The van der Waals surface area contributed by atoms with E-state index in [1.54, 1.807) is 11.3 Å². The van der Waals surface area contributed by atoms with Gasteiger partial charge in [0.15, 0.2) is 0 Å². The molecule has 0 aromatic carbocycles. The minimum absolute atomic E-state index is 0.0813. The molecule has 2 rings (SSSR count). The molecule has 3 atom stereocenters. The molecule has 19 heavy (non-hydrogen) atoms. The number of rotatable bonds is 4. The summed E-state index contributed by atoms with van der Waals surface area (Å²) in [6.07, 6.45) is 1.88. The molecule has 0 amide bonds. The van der Waals surface area contributed by atoms with Crippen molar-refractivity contribution in [2.75, 3.05) is 13.1 Å². The van der Waals surface area contributed by atoms with Crippen LogP contribution in [-0.4, -0.2) is 35.2 Å². The fourth-order valence-electron chi connectivity index (χ4n) is 2.94. The quantitative estimate of drug-likeness (QED) is 0.899. The maximum atomic E-state index is 9.67. The Bertz CT molecular complexity index is 400. The number of likely N-dealkylation sites (tertiary alicyclic amines) is 1. The van der Waals surface area contributed by atoms with Crippen LogP contribution in [0.15, 0.2) is 12.1 Å². The summed E-state index contributed by atoms with van der Waals surface area (Å²) in [6, 6.07) is 4.35. The second kappa shape index (κ2) is 6.55. The molecule has 1 aromatic heterocycles. The minimum Gasteiger partial charge on any atom is -0.393 e. The van der Waals surface area contributed by atoms with Gasteiger partial charge in [0.25, 0.3) is 0 Å². The van der Waals surface area contributed by atoms with E-state index in [0.717, 1.165) is 30.3 Å². The molecule has 2 heterocycles. The van der Waals surface area contributed by atoms with E-state index in [9.17, 15) is 5.11 Å². The lowest BCUT2D eigenvalue weighted by molar-refractivity contribution is 0.0519. The van der Waals surface area contributed by atoms with Gasteiger partial charge in [-0.1, -0.05) is 11.6 Å². The zero-order valence-electron chi connectivity index (χ0n) is 11.6. The van der Waals surface area contributed by atoms with E-state index in [1.165, 1.54) is 4.88 Å². The number of halogens is 1. The monoisotopic (exact) mass is 302 g/mol. The predicted octanol–water partition coefficient (Wildman–Crippen LogP) is 2.88. The first-order chi connectivity index (χ1) is 8.99. The van der Waals surface area contributed by atoms with Gasteiger partial charge in [0.2, 0.25) is 0 Å². The molecule has 0 aliphatic carbocycles. The van der Waals surface area contributed by atoms with Crippen LogP contribution in [-0.2, 0) is 0 Å². The Kier molecular flexibility index (Phi) is 5.26. The molecular weight excluding hydrogens is 280 g/mol. The van der Waals surface area contributed by atoms with E-state index in [2.05, 4.69) is 17.9 Å². The highest BCUT2D eigenvalue weighted by Crippen LogP contribution is 2.34. The zero-order chi connectivity index (χ0) is 14.0. The molecule has 0 spiro atoms. The normalized spacial score (nSPS) is 23.2. The van der Waals surface area contributed by atoms with Gasteiger partial charge in [-0.25, -0.2) is 0 Å². The first kappa shape index (κ1) is 15.3. The second-order valence-electron chi connectivity index (χ2n) is 5.56. The predicted molar refractivity (Wildman–Crippen MR) is 81.7 cm³/mol. The Morgan fingerprint density at radius 1 is 1.37 bits per heavy atom. The highest BCUT2D eigenvalue weighted by molar-refractivity contribution is 7.16. The summed E-state index contributed by atoms with van der Waals surface area (Å²) in [5.41, 5.74) is 6.18. The Labute approximate surface area is 124 Å². The van der Waals surface area contributed by atoms with Crippen molar-refractivity contribution >= 4 is 22.9 Å². The van der Waals surface area contributed by atoms with Crippen LogP contribution in [0.1, 0.15) is 37.6 Å². The summed E-state index contributed by atoms with van der Waals surface area (Å²) in [7, 11) is 0. The molecular formula is C14H23ClN2OS. The van der Waals surface area contributed by atoms with E-state index >= 15 is 0 Å². The Morgan fingerprint density at radius 3 is 2.42 bits per heavy atom. The average molecular weight is 303 g/mol. The number of nitrogens with zero attached hydrogens (tertiary/aromatic N) is 1. The van der Waals surface area contributed by atoms with Gasteiger partial charge >= 0.3 is 0 Å². The molecule has 0 saturated carbocycles. The lowest BCUT2D eigenvalue weighted by atomic mass is 9.90. The van der Waals surface area contributed by atoms with Gasteiger partial charge in [-0.3, -0.25) is 4.90 Å². The van der Waals surface area contributed by atoms with Crippen molar-refractivity contribution in [1.29, 1.82) is 0 Å². The van der Waals surface area contributed by atoms with Gasteiger partial charge in [-0.15, -0.1) is 11.3 Å². The van der Waals surface area contributed by atoms with Crippen molar-refractivity contribution < 1.29 is 5.11 Å². The minimum atomic E-state index is -0.202. The molecule has 0 bridgehead atoms. The molecule has 108 valence electrons. The van der Waals surface area contributed by atoms with Gasteiger partial charge < -0.3 is 10.8 Å². The van der Waals surface area contributed by atoms with Crippen LogP contribution in [0.2, 0.25) is 4.34 Å². The molecule has 1 fully saturated rings. The third-order valence-electron chi connectivity index (χ3n) is 4.03. The number of aliphatic hydroxyl groups is 1. The fraction of sp³-hybridized carbons (Fsp3) is 0.714. The van der Waals surface area contributed by atoms with Crippen molar-refractivity contribution in [2.45, 2.75) is 44.9 Å². The van der Waals surface area contributed by atoms with Gasteiger partial charge in [-0.05, 0) is 57.8 Å². The highest BCUT2D eigenvalue weighted by Gasteiger charge is 2.30. The van der Waals surface area contributed by atoms with E-state index in [0.29, 0.717) is 5.92 Å². The largest absolute Gasteiger partial charge is 0.393 e. The summed E-state index contributed by atoms with van der Waals surface area (Å²) < 4.78 is 0.819. The molecule has 3 N–H and O–H groups in total. The summed E-state index contributed by atoms with van der Waals surface area (Å²) >= 11 is 7.66. The number of thiophene rings is 1. The average Bonchev–Trinajstić information content (AvgIpc) is 2.76. The van der Waals surface area contributed by atoms with Gasteiger partial charge in [0, 0.05) is 10.9 Å². The summed E-state index contributed by atoms with van der Waals surface area (Å²) in [5, 5.41) is 9.67. The first-order valence-corrected chi connectivity index (χ1v) is 8.11. The van der Waals surface area contributed by atoms with Crippen molar-refractivity contribution in [1.82, 2.24) is 4.90 Å². The zero-order valence-corrected chi connectivity index (χ0v) is 13.1. The third kappa shape index (κ3) is 3.70. The first-order valence-electron chi connectivity index (χ1n) is 6.92. The standard InChI is InChI=1S/C14H23ClN2OS/c1-9(16)14(12-3-4-13(15)19-12)17-7-5-11(6-8-17)10(2)18/h3-4,9-11,14,18H,5-8,16H2,1-2H3. The van der Waals surface area contributed by atoms with Gasteiger partial charge in [-0.2, -0.15) is 0 Å². The van der Waals surface area contributed by atoms with E-state index in [-0.39, 0.29) is 18.2 Å². The van der Waals surface area contributed by atoms with Crippen LogP contribution in [0.4, 0.5) is 0 Å². The van der Waals surface area contributed by atoms with Crippen LogP contribution in [0.3, 0.4) is 0 Å². The maximum absolute atomic E-state index is 9.67. The van der Waals surface area contributed by atoms with E-state index in [4.69, 9.17) is 17.3 Å². The Balaban J connectivity index is 2.05. The van der Waals surface area contributed by atoms with Crippen LogP contribution in [0.5, 0.6) is 0 Å². The van der Waals surface area contributed by atoms with Crippen molar-refractivity contribution in [3.05, 3.63) is 21.3 Å². The summed E-state index contributed by atoms with van der Waals surface area (Å²) in [4.78, 5) is 3.68. The molecule has 5 heteroatoms. The third-order valence-corrected chi connectivity index (χ3v) is 5.34. The Hall–Kier alpha value is -0.130. The molecule has 0 radical (unpaired) electrons. The van der Waals surface area contributed by atoms with E-state index < -0.39 is 0 Å². The number of piperidine rings is 1. The molecule has 3 unspecified atom stereocenters. The van der Waals surface area contributed by atoms with Crippen LogP contribution in [0, 0.1) is 5.92 Å². The van der Waals surface area contributed by atoms with Gasteiger partial charge in [0.1, 0.15) is 0 Å². The fourth-order valence-corrected chi connectivity index (χ4v) is 4.25. The summed E-state index contributed by atoms with van der Waals surface area (Å²) in [5.74, 6) is 0.428. The van der Waals surface area contributed by atoms with Crippen molar-refractivity contribution in [3.63, 3.8) is 0 Å².